The summed E-state index contributed by atoms with van der Waals surface area (Å²) in [5, 5.41) is 0. The van der Waals surface area contributed by atoms with Gasteiger partial charge in [0.15, 0.2) is 0 Å². The molecule has 2 aliphatic heterocycles. The molecule has 0 spiro atoms. The van der Waals surface area contributed by atoms with Gasteiger partial charge in [-0.25, -0.2) is 8.78 Å². The Labute approximate surface area is 162 Å². The Hall–Kier alpha value is -2.76. The average molecular weight is 384 g/mol. The van der Waals surface area contributed by atoms with Gasteiger partial charge in [-0.2, -0.15) is 0 Å². The molecule has 0 aliphatic carbocycles. The summed E-state index contributed by atoms with van der Waals surface area (Å²) in [5.74, 6) is -2.32. The molecule has 2 fully saturated rings. The second-order valence-electron chi connectivity index (χ2n) is 7.52. The van der Waals surface area contributed by atoms with Crippen LogP contribution >= 0.6 is 0 Å². The van der Waals surface area contributed by atoms with Crippen molar-refractivity contribution in [3.8, 4) is 0 Å². The van der Waals surface area contributed by atoms with E-state index in [0.29, 0.717) is 6.54 Å². The highest BCUT2D eigenvalue weighted by molar-refractivity contribution is 6.00. The first-order valence-electron chi connectivity index (χ1n) is 9.63. The fourth-order valence-electron chi connectivity index (χ4n) is 4.26. The first-order chi connectivity index (χ1) is 13.5. The van der Waals surface area contributed by atoms with Crippen LogP contribution in [0.25, 0.3) is 0 Å². The van der Waals surface area contributed by atoms with Gasteiger partial charge in [-0.1, -0.05) is 30.3 Å². The second kappa shape index (κ2) is 7.70. The van der Waals surface area contributed by atoms with E-state index in [0.717, 1.165) is 31.4 Å². The van der Waals surface area contributed by atoms with Crippen LogP contribution in [0.1, 0.15) is 24.8 Å². The zero-order chi connectivity index (χ0) is 19.7. The minimum Gasteiger partial charge on any atom is -0.339 e. The minimum atomic E-state index is -0.787. The molecule has 0 unspecified atom stereocenters. The van der Waals surface area contributed by atoms with Gasteiger partial charge in [-0.15, -0.1) is 0 Å². The monoisotopic (exact) mass is 384 g/mol. The maximum Gasteiger partial charge on any atom is 0.228 e. The molecule has 4 nitrogen and oxygen atoms in total. The number of hydrogen-bond donors (Lipinski definition) is 0. The summed E-state index contributed by atoms with van der Waals surface area (Å²) >= 11 is 0. The van der Waals surface area contributed by atoms with Crippen molar-refractivity contribution in [3.63, 3.8) is 0 Å². The Kier molecular flexibility index (Phi) is 5.11. The molecule has 2 atom stereocenters. The summed E-state index contributed by atoms with van der Waals surface area (Å²) in [4.78, 5) is 28.7. The number of benzene rings is 2. The molecule has 0 saturated carbocycles. The van der Waals surface area contributed by atoms with Crippen molar-refractivity contribution in [1.82, 2.24) is 4.90 Å². The molecule has 2 aromatic rings. The molecule has 0 bridgehead atoms. The predicted molar refractivity (Wildman–Crippen MR) is 102 cm³/mol. The number of likely N-dealkylation sites (tertiary alicyclic amines) is 1. The van der Waals surface area contributed by atoms with E-state index in [9.17, 15) is 18.4 Å². The van der Waals surface area contributed by atoms with Crippen LogP contribution in [0, 0.1) is 17.6 Å². The van der Waals surface area contributed by atoms with Crippen molar-refractivity contribution in [2.24, 2.45) is 5.92 Å². The molecule has 0 aromatic heterocycles. The molecule has 0 radical (unpaired) electrons. The molecule has 2 amide bonds. The van der Waals surface area contributed by atoms with E-state index in [1.165, 1.54) is 16.5 Å². The van der Waals surface area contributed by atoms with Gasteiger partial charge in [0.2, 0.25) is 11.8 Å². The van der Waals surface area contributed by atoms with Crippen LogP contribution in [-0.2, 0) is 16.0 Å². The highest BCUT2D eigenvalue weighted by Crippen LogP contribution is 2.31. The summed E-state index contributed by atoms with van der Waals surface area (Å²) in [6, 6.07) is 13.3. The van der Waals surface area contributed by atoms with E-state index in [1.54, 1.807) is 0 Å². The van der Waals surface area contributed by atoms with Gasteiger partial charge < -0.3 is 9.80 Å². The van der Waals surface area contributed by atoms with Crippen molar-refractivity contribution in [2.45, 2.75) is 31.7 Å². The summed E-state index contributed by atoms with van der Waals surface area (Å²) < 4.78 is 27.2. The molecule has 28 heavy (non-hydrogen) atoms. The lowest BCUT2D eigenvalue weighted by molar-refractivity contribution is -0.136. The number of nitrogens with zero attached hydrogens (tertiary/aromatic N) is 2. The van der Waals surface area contributed by atoms with E-state index < -0.39 is 17.6 Å². The number of amides is 2. The standard InChI is InChI=1S/C22H22F2N2O2/c23-17-8-9-20(19(24)13-17)26-14-16(12-21(26)27)22(28)25-10-4-7-18(25)11-15-5-2-1-3-6-15/h1-3,5-6,8-9,13,16,18H,4,7,10-12,14H2/t16-,18-/m1/s1. The zero-order valence-corrected chi connectivity index (χ0v) is 15.5. The molecular weight excluding hydrogens is 362 g/mol. The third-order valence-corrected chi connectivity index (χ3v) is 5.65. The fourth-order valence-corrected chi connectivity index (χ4v) is 4.26. The quantitative estimate of drug-likeness (QED) is 0.809. The van der Waals surface area contributed by atoms with E-state index >= 15 is 0 Å². The van der Waals surface area contributed by atoms with Crippen molar-refractivity contribution in [2.75, 3.05) is 18.0 Å². The smallest absolute Gasteiger partial charge is 0.228 e. The number of anilines is 1. The largest absolute Gasteiger partial charge is 0.339 e. The van der Waals surface area contributed by atoms with Crippen LogP contribution in [0.3, 0.4) is 0 Å². The van der Waals surface area contributed by atoms with Crippen LogP contribution in [0.5, 0.6) is 0 Å². The molecular formula is C22H22F2N2O2. The zero-order valence-electron chi connectivity index (χ0n) is 15.5. The Morgan fingerprint density at radius 1 is 1.11 bits per heavy atom. The highest BCUT2D eigenvalue weighted by Gasteiger charge is 2.40. The van der Waals surface area contributed by atoms with Gasteiger partial charge in [0, 0.05) is 31.6 Å². The molecule has 2 saturated heterocycles. The number of carbonyl (C=O) groups is 2. The summed E-state index contributed by atoms with van der Waals surface area (Å²) in [6.07, 6.45) is 2.74. The van der Waals surface area contributed by atoms with Crippen molar-refractivity contribution in [3.05, 3.63) is 65.7 Å². The van der Waals surface area contributed by atoms with Gasteiger partial charge in [-0.3, -0.25) is 9.59 Å². The molecule has 2 aromatic carbocycles. The lowest BCUT2D eigenvalue weighted by Crippen LogP contribution is -2.41. The lowest BCUT2D eigenvalue weighted by atomic mass is 10.0. The van der Waals surface area contributed by atoms with Gasteiger partial charge >= 0.3 is 0 Å². The van der Waals surface area contributed by atoms with E-state index in [4.69, 9.17) is 0 Å². The SMILES string of the molecule is O=C1C[C@@H](C(=O)N2CCC[C@@H]2Cc2ccccc2)CN1c1ccc(F)cc1F. The Morgan fingerprint density at radius 3 is 2.64 bits per heavy atom. The van der Waals surface area contributed by atoms with Crippen molar-refractivity contribution >= 4 is 17.5 Å². The average Bonchev–Trinajstić information content (AvgIpc) is 3.29. The lowest BCUT2D eigenvalue weighted by Gasteiger charge is -2.27. The normalized spacial score (nSPS) is 22.1. The van der Waals surface area contributed by atoms with E-state index in [2.05, 4.69) is 12.1 Å². The van der Waals surface area contributed by atoms with Gasteiger partial charge in [0.05, 0.1) is 11.6 Å². The molecule has 2 aliphatic rings. The number of rotatable bonds is 4. The topological polar surface area (TPSA) is 40.6 Å². The van der Waals surface area contributed by atoms with Crippen molar-refractivity contribution in [1.29, 1.82) is 0 Å². The van der Waals surface area contributed by atoms with Crippen LogP contribution in [0.15, 0.2) is 48.5 Å². The van der Waals surface area contributed by atoms with Crippen molar-refractivity contribution < 1.29 is 18.4 Å². The summed E-state index contributed by atoms with van der Waals surface area (Å²) in [7, 11) is 0. The third kappa shape index (κ3) is 3.63. The van der Waals surface area contributed by atoms with Gasteiger partial charge in [0.25, 0.3) is 0 Å². The summed E-state index contributed by atoms with van der Waals surface area (Å²) in [6.45, 7) is 0.820. The van der Waals surface area contributed by atoms with Crippen LogP contribution in [0.4, 0.5) is 14.5 Å². The highest BCUT2D eigenvalue weighted by atomic mass is 19.1. The van der Waals surface area contributed by atoms with E-state index in [1.807, 2.05) is 23.1 Å². The van der Waals surface area contributed by atoms with Crippen LogP contribution in [0.2, 0.25) is 0 Å². The Morgan fingerprint density at radius 2 is 1.89 bits per heavy atom. The molecule has 4 rings (SSSR count). The summed E-state index contributed by atoms with van der Waals surface area (Å²) in [5.41, 5.74) is 1.22. The third-order valence-electron chi connectivity index (χ3n) is 5.65. The van der Waals surface area contributed by atoms with Crippen LogP contribution < -0.4 is 4.90 Å². The minimum absolute atomic E-state index is 0.0314. The molecule has 6 heteroatoms. The molecule has 146 valence electrons. The first-order valence-corrected chi connectivity index (χ1v) is 9.63. The molecule has 2 heterocycles. The number of carbonyl (C=O) groups excluding carboxylic acids is 2. The number of halogens is 2. The maximum absolute atomic E-state index is 14.1. The Balaban J connectivity index is 1.47. The first kappa shape index (κ1) is 18.6. The fraction of sp³-hybridized carbons (Fsp3) is 0.364. The van der Waals surface area contributed by atoms with E-state index in [-0.39, 0.29) is 36.5 Å². The predicted octanol–water partition coefficient (Wildman–Crippen LogP) is 3.55. The second-order valence-corrected chi connectivity index (χ2v) is 7.52. The maximum atomic E-state index is 14.1. The van der Waals surface area contributed by atoms with Gasteiger partial charge in [-0.05, 0) is 37.0 Å². The Bertz CT molecular complexity index is 887. The number of hydrogen-bond acceptors (Lipinski definition) is 2. The van der Waals surface area contributed by atoms with Gasteiger partial charge in [0.1, 0.15) is 11.6 Å². The van der Waals surface area contributed by atoms with Crippen LogP contribution in [-0.4, -0.2) is 35.8 Å². The molecule has 0 N–H and O–H groups in total.